The minimum absolute atomic E-state index is 0.0174. The van der Waals surface area contributed by atoms with Crippen molar-refractivity contribution in [2.24, 2.45) is 13.0 Å². The van der Waals surface area contributed by atoms with Gasteiger partial charge < -0.3 is 15.7 Å². The SMILES string of the molecule is Cn1c(=O)n(CC(=O)NCC2CNCC2O)c2ccccc21. The van der Waals surface area contributed by atoms with Crippen LogP contribution in [0.15, 0.2) is 29.1 Å². The summed E-state index contributed by atoms with van der Waals surface area (Å²) in [6.07, 6.45) is -0.430. The van der Waals surface area contributed by atoms with E-state index in [0.717, 1.165) is 11.0 Å². The number of hydrogen-bond acceptors (Lipinski definition) is 4. The molecule has 0 bridgehead atoms. The summed E-state index contributed by atoms with van der Waals surface area (Å²) in [4.78, 5) is 24.3. The van der Waals surface area contributed by atoms with Gasteiger partial charge in [0.1, 0.15) is 6.54 Å². The summed E-state index contributed by atoms with van der Waals surface area (Å²) in [5.74, 6) is -0.203. The Balaban J connectivity index is 1.72. The van der Waals surface area contributed by atoms with Gasteiger partial charge in [-0.05, 0) is 12.1 Å². The average molecular weight is 304 g/mol. The summed E-state index contributed by atoms with van der Waals surface area (Å²) in [6, 6.07) is 7.39. The third kappa shape index (κ3) is 2.65. The monoisotopic (exact) mass is 304 g/mol. The predicted molar refractivity (Wildman–Crippen MR) is 82.6 cm³/mol. The van der Waals surface area contributed by atoms with Gasteiger partial charge in [-0.15, -0.1) is 0 Å². The Bertz CT molecular complexity index is 749. The maximum atomic E-state index is 12.2. The molecule has 118 valence electrons. The predicted octanol–water partition coefficient (Wildman–Crippen LogP) is -0.963. The Morgan fingerprint density at radius 1 is 1.36 bits per heavy atom. The zero-order valence-corrected chi connectivity index (χ0v) is 12.5. The molecule has 3 rings (SSSR count). The number of imidazole rings is 1. The number of aliphatic hydroxyl groups excluding tert-OH is 1. The molecule has 1 aromatic carbocycles. The molecule has 7 heteroatoms. The lowest BCUT2D eigenvalue weighted by molar-refractivity contribution is -0.121. The maximum absolute atomic E-state index is 12.2. The maximum Gasteiger partial charge on any atom is 0.329 e. The fourth-order valence-corrected chi connectivity index (χ4v) is 2.89. The Kier molecular flexibility index (Phi) is 4.00. The van der Waals surface area contributed by atoms with Gasteiger partial charge in [-0.2, -0.15) is 0 Å². The number of aryl methyl sites for hydroxylation is 1. The van der Waals surface area contributed by atoms with Crippen LogP contribution in [0, 0.1) is 5.92 Å². The molecule has 22 heavy (non-hydrogen) atoms. The first-order valence-corrected chi connectivity index (χ1v) is 7.37. The number of fused-ring (bicyclic) bond motifs is 1. The van der Waals surface area contributed by atoms with Gasteiger partial charge in [0, 0.05) is 32.6 Å². The van der Waals surface area contributed by atoms with Gasteiger partial charge in [0.15, 0.2) is 0 Å². The van der Waals surface area contributed by atoms with Gasteiger partial charge in [-0.1, -0.05) is 12.1 Å². The molecule has 0 saturated carbocycles. The number of carbonyl (C=O) groups excluding carboxylic acids is 1. The van der Waals surface area contributed by atoms with E-state index < -0.39 is 6.10 Å². The van der Waals surface area contributed by atoms with Crippen molar-refractivity contribution in [2.45, 2.75) is 12.6 Å². The molecule has 2 aromatic rings. The molecule has 1 aromatic heterocycles. The van der Waals surface area contributed by atoms with E-state index in [-0.39, 0.29) is 24.1 Å². The minimum atomic E-state index is -0.430. The molecule has 2 heterocycles. The first-order valence-electron chi connectivity index (χ1n) is 7.37. The third-order valence-electron chi connectivity index (χ3n) is 4.22. The number of aromatic nitrogens is 2. The van der Waals surface area contributed by atoms with Crippen LogP contribution in [0.2, 0.25) is 0 Å². The highest BCUT2D eigenvalue weighted by molar-refractivity contribution is 5.80. The minimum Gasteiger partial charge on any atom is -0.391 e. The second kappa shape index (κ2) is 5.94. The van der Waals surface area contributed by atoms with Crippen LogP contribution in [0.3, 0.4) is 0 Å². The molecule has 2 atom stereocenters. The number of para-hydroxylation sites is 2. The molecule has 0 aliphatic carbocycles. The largest absolute Gasteiger partial charge is 0.391 e. The van der Waals surface area contributed by atoms with E-state index in [1.165, 1.54) is 9.13 Å². The van der Waals surface area contributed by atoms with E-state index in [1.54, 1.807) is 7.05 Å². The summed E-state index contributed by atoms with van der Waals surface area (Å²) in [5, 5.41) is 15.6. The Labute approximate surface area is 127 Å². The summed E-state index contributed by atoms with van der Waals surface area (Å²) in [6.45, 7) is 1.64. The molecule has 3 N–H and O–H groups in total. The number of benzene rings is 1. The molecule has 0 spiro atoms. The summed E-state index contributed by atoms with van der Waals surface area (Å²) < 4.78 is 3.00. The fourth-order valence-electron chi connectivity index (χ4n) is 2.89. The highest BCUT2D eigenvalue weighted by atomic mass is 16.3. The van der Waals surface area contributed by atoms with E-state index in [9.17, 15) is 14.7 Å². The van der Waals surface area contributed by atoms with Gasteiger partial charge in [0.25, 0.3) is 0 Å². The number of rotatable bonds is 4. The number of hydrogen-bond donors (Lipinski definition) is 3. The van der Waals surface area contributed by atoms with Gasteiger partial charge in [-0.3, -0.25) is 13.9 Å². The molecule has 1 aliphatic rings. The summed E-state index contributed by atoms with van der Waals surface area (Å²) in [5.41, 5.74) is 1.34. The quantitative estimate of drug-likeness (QED) is 0.679. The van der Waals surface area contributed by atoms with Crippen LogP contribution in [0.5, 0.6) is 0 Å². The number of aliphatic hydroxyl groups is 1. The topological polar surface area (TPSA) is 88.3 Å². The smallest absolute Gasteiger partial charge is 0.329 e. The first-order chi connectivity index (χ1) is 10.6. The zero-order chi connectivity index (χ0) is 15.7. The van der Waals surface area contributed by atoms with Crippen molar-refractivity contribution in [1.29, 1.82) is 0 Å². The highest BCUT2D eigenvalue weighted by Gasteiger charge is 2.25. The Morgan fingerprint density at radius 3 is 2.77 bits per heavy atom. The van der Waals surface area contributed by atoms with Crippen LogP contribution >= 0.6 is 0 Å². The van der Waals surface area contributed by atoms with Gasteiger partial charge >= 0.3 is 5.69 Å². The zero-order valence-electron chi connectivity index (χ0n) is 12.5. The lowest BCUT2D eigenvalue weighted by atomic mass is 10.1. The van der Waals surface area contributed by atoms with E-state index in [1.807, 2.05) is 24.3 Å². The fraction of sp³-hybridized carbons (Fsp3) is 0.467. The van der Waals surface area contributed by atoms with Gasteiger partial charge in [-0.25, -0.2) is 4.79 Å². The molecule has 1 aliphatic heterocycles. The number of amides is 1. The van der Waals surface area contributed by atoms with Crippen molar-refractivity contribution in [3.05, 3.63) is 34.7 Å². The number of β-amino-alcohol motifs (C(OH)–C–C–N with tert-alkyl or cyclic N) is 1. The molecule has 7 nitrogen and oxygen atoms in total. The second-order valence-electron chi connectivity index (χ2n) is 5.71. The van der Waals surface area contributed by atoms with E-state index in [4.69, 9.17) is 0 Å². The van der Waals surface area contributed by atoms with Crippen LogP contribution in [0.25, 0.3) is 11.0 Å². The number of nitrogens with zero attached hydrogens (tertiary/aromatic N) is 2. The highest BCUT2D eigenvalue weighted by Crippen LogP contribution is 2.11. The molecule has 2 unspecified atom stereocenters. The normalized spacial score (nSPS) is 21.4. The summed E-state index contributed by atoms with van der Waals surface area (Å²) >= 11 is 0. The molecular weight excluding hydrogens is 284 g/mol. The van der Waals surface area contributed by atoms with Crippen molar-refractivity contribution in [2.75, 3.05) is 19.6 Å². The van der Waals surface area contributed by atoms with Crippen LogP contribution in [0.4, 0.5) is 0 Å². The van der Waals surface area contributed by atoms with Crippen molar-refractivity contribution >= 4 is 16.9 Å². The lowest BCUT2D eigenvalue weighted by Crippen LogP contribution is -2.37. The van der Waals surface area contributed by atoms with Crippen LogP contribution < -0.4 is 16.3 Å². The Morgan fingerprint density at radius 2 is 2.09 bits per heavy atom. The molecular formula is C15H20N4O3. The van der Waals surface area contributed by atoms with Crippen LogP contribution in [0.1, 0.15) is 0 Å². The van der Waals surface area contributed by atoms with Crippen molar-refractivity contribution in [1.82, 2.24) is 19.8 Å². The van der Waals surface area contributed by atoms with E-state index >= 15 is 0 Å². The number of nitrogens with one attached hydrogen (secondary N) is 2. The third-order valence-corrected chi connectivity index (χ3v) is 4.22. The van der Waals surface area contributed by atoms with Crippen molar-refractivity contribution in [3.8, 4) is 0 Å². The molecule has 1 fully saturated rings. The Hall–Kier alpha value is -2.12. The molecule has 0 radical (unpaired) electrons. The van der Waals surface area contributed by atoms with Crippen LogP contribution in [-0.2, 0) is 18.4 Å². The van der Waals surface area contributed by atoms with Gasteiger partial charge in [0.2, 0.25) is 5.91 Å². The second-order valence-corrected chi connectivity index (χ2v) is 5.71. The average Bonchev–Trinajstić information content (AvgIpc) is 3.03. The van der Waals surface area contributed by atoms with Crippen LogP contribution in [-0.4, -0.2) is 45.9 Å². The lowest BCUT2D eigenvalue weighted by Gasteiger charge is -2.14. The first kappa shape index (κ1) is 14.8. The molecule has 1 amide bonds. The number of carbonyl (C=O) groups is 1. The summed E-state index contributed by atoms with van der Waals surface area (Å²) in [7, 11) is 1.69. The van der Waals surface area contributed by atoms with Crippen molar-refractivity contribution < 1.29 is 9.90 Å². The van der Waals surface area contributed by atoms with E-state index in [2.05, 4.69) is 10.6 Å². The standard InChI is InChI=1S/C15H20N4O3/c1-18-11-4-2-3-5-12(11)19(15(18)22)9-14(21)17-7-10-6-16-8-13(10)20/h2-5,10,13,16,20H,6-9H2,1H3,(H,17,21). The van der Waals surface area contributed by atoms with Gasteiger partial charge in [0.05, 0.1) is 17.1 Å². The van der Waals surface area contributed by atoms with E-state index in [0.29, 0.717) is 19.6 Å². The van der Waals surface area contributed by atoms with Crippen molar-refractivity contribution in [3.63, 3.8) is 0 Å². The molecule has 1 saturated heterocycles.